The van der Waals surface area contributed by atoms with E-state index < -0.39 is 0 Å². The zero-order valence-electron chi connectivity index (χ0n) is 8.28. The lowest BCUT2D eigenvalue weighted by Crippen LogP contribution is -2.09. The Kier molecular flexibility index (Phi) is 1.28. The van der Waals surface area contributed by atoms with Crippen molar-refractivity contribution < 1.29 is 0 Å². The van der Waals surface area contributed by atoms with Crippen LogP contribution in [0.5, 0.6) is 0 Å². The maximum absolute atomic E-state index is 2.49. The van der Waals surface area contributed by atoms with Crippen LogP contribution in [0.2, 0.25) is 0 Å². The van der Waals surface area contributed by atoms with Crippen LogP contribution >= 0.6 is 0 Å². The molecule has 0 bridgehead atoms. The Bertz CT molecular complexity index is 180. The van der Waals surface area contributed by atoms with Crippen LogP contribution in [0.1, 0.15) is 47.0 Å². The molecule has 2 aliphatic rings. The Morgan fingerprint density at radius 3 is 2.27 bits per heavy atom. The first-order valence-corrected chi connectivity index (χ1v) is 5.02. The molecule has 0 saturated heterocycles. The molecule has 2 saturated carbocycles. The molecule has 3 atom stereocenters. The highest BCUT2D eigenvalue weighted by Gasteiger charge is 2.70. The molecular weight excluding hydrogens is 132 g/mol. The van der Waals surface area contributed by atoms with Crippen LogP contribution < -0.4 is 0 Å². The highest BCUT2D eigenvalue weighted by molar-refractivity contribution is 5.19. The molecule has 0 N–H and O–H groups in total. The van der Waals surface area contributed by atoms with Gasteiger partial charge in [0.2, 0.25) is 0 Å². The van der Waals surface area contributed by atoms with E-state index in [1.807, 2.05) is 0 Å². The summed E-state index contributed by atoms with van der Waals surface area (Å²) in [5, 5.41) is 0. The van der Waals surface area contributed by atoms with Crippen molar-refractivity contribution in [3.05, 3.63) is 0 Å². The smallest absolute Gasteiger partial charge is 0.0235 e. The Labute approximate surface area is 70.4 Å². The van der Waals surface area contributed by atoms with E-state index in [0.29, 0.717) is 5.41 Å². The molecule has 0 heteroatoms. The van der Waals surface area contributed by atoms with Gasteiger partial charge in [-0.2, -0.15) is 0 Å². The standard InChI is InChI=1S/C11H20/c1-5-8-6-9-10(2,3)11(9,4)7-8/h8-9H,5-7H2,1-4H3. The summed E-state index contributed by atoms with van der Waals surface area (Å²) in [6.45, 7) is 9.73. The summed E-state index contributed by atoms with van der Waals surface area (Å²) in [6, 6.07) is 0. The van der Waals surface area contributed by atoms with Crippen LogP contribution in [0.15, 0.2) is 0 Å². The van der Waals surface area contributed by atoms with Gasteiger partial charge in [-0.3, -0.25) is 0 Å². The van der Waals surface area contributed by atoms with Crippen molar-refractivity contribution in [3.8, 4) is 0 Å². The van der Waals surface area contributed by atoms with E-state index in [1.54, 1.807) is 0 Å². The fourth-order valence-electron chi connectivity index (χ4n) is 3.49. The second kappa shape index (κ2) is 1.84. The van der Waals surface area contributed by atoms with E-state index in [9.17, 15) is 0 Å². The van der Waals surface area contributed by atoms with Gasteiger partial charge in [-0.05, 0) is 35.5 Å². The average molecular weight is 152 g/mol. The van der Waals surface area contributed by atoms with Gasteiger partial charge in [0.05, 0.1) is 0 Å². The van der Waals surface area contributed by atoms with Gasteiger partial charge < -0.3 is 0 Å². The van der Waals surface area contributed by atoms with Crippen LogP contribution in [-0.2, 0) is 0 Å². The minimum atomic E-state index is 0.679. The minimum Gasteiger partial charge on any atom is -0.0651 e. The molecule has 2 rings (SSSR count). The predicted octanol–water partition coefficient (Wildman–Crippen LogP) is 3.47. The summed E-state index contributed by atoms with van der Waals surface area (Å²) in [5.41, 5.74) is 1.41. The van der Waals surface area contributed by atoms with Gasteiger partial charge in [0.25, 0.3) is 0 Å². The highest BCUT2D eigenvalue weighted by atomic mass is 14.7. The van der Waals surface area contributed by atoms with Crippen LogP contribution in [0.25, 0.3) is 0 Å². The quantitative estimate of drug-likeness (QED) is 0.539. The second-order valence-corrected chi connectivity index (χ2v) is 5.41. The number of fused-ring (bicyclic) bond motifs is 1. The topological polar surface area (TPSA) is 0 Å². The van der Waals surface area contributed by atoms with Crippen LogP contribution in [-0.4, -0.2) is 0 Å². The molecule has 0 spiro atoms. The van der Waals surface area contributed by atoms with Gasteiger partial charge in [-0.1, -0.05) is 34.1 Å². The summed E-state index contributed by atoms with van der Waals surface area (Å²) in [5.74, 6) is 2.11. The number of rotatable bonds is 1. The predicted molar refractivity (Wildman–Crippen MR) is 48.4 cm³/mol. The van der Waals surface area contributed by atoms with Crippen molar-refractivity contribution in [2.24, 2.45) is 22.7 Å². The van der Waals surface area contributed by atoms with Crippen LogP contribution in [0.4, 0.5) is 0 Å². The van der Waals surface area contributed by atoms with Gasteiger partial charge in [-0.25, -0.2) is 0 Å². The summed E-state index contributed by atoms with van der Waals surface area (Å²) >= 11 is 0. The zero-order chi connectivity index (χ0) is 8.28. The molecular formula is C11H20. The molecule has 0 nitrogen and oxygen atoms in total. The molecule has 0 amide bonds. The lowest BCUT2D eigenvalue weighted by molar-refractivity contribution is 0.313. The van der Waals surface area contributed by atoms with Gasteiger partial charge in [0.15, 0.2) is 0 Å². The van der Waals surface area contributed by atoms with Gasteiger partial charge in [0, 0.05) is 0 Å². The average Bonchev–Trinajstić information content (AvgIpc) is 2.33. The Hall–Kier alpha value is 0. The van der Waals surface area contributed by atoms with E-state index in [1.165, 1.54) is 19.3 Å². The Balaban J connectivity index is 2.09. The Morgan fingerprint density at radius 2 is 1.91 bits per heavy atom. The maximum Gasteiger partial charge on any atom is -0.0235 e. The molecule has 0 radical (unpaired) electrons. The molecule has 11 heavy (non-hydrogen) atoms. The number of hydrogen-bond acceptors (Lipinski definition) is 0. The summed E-state index contributed by atoms with van der Waals surface area (Å²) in [4.78, 5) is 0. The molecule has 0 heterocycles. The van der Waals surface area contributed by atoms with Gasteiger partial charge in [-0.15, -0.1) is 0 Å². The van der Waals surface area contributed by atoms with E-state index >= 15 is 0 Å². The second-order valence-electron chi connectivity index (χ2n) is 5.41. The molecule has 0 aliphatic heterocycles. The van der Waals surface area contributed by atoms with Crippen molar-refractivity contribution in [2.75, 3.05) is 0 Å². The largest absolute Gasteiger partial charge is 0.0651 e. The van der Waals surface area contributed by atoms with Crippen molar-refractivity contribution in [3.63, 3.8) is 0 Å². The van der Waals surface area contributed by atoms with E-state index in [4.69, 9.17) is 0 Å². The molecule has 64 valence electrons. The van der Waals surface area contributed by atoms with E-state index in [0.717, 1.165) is 17.3 Å². The molecule has 0 aromatic heterocycles. The third-order valence-corrected chi connectivity index (χ3v) is 4.89. The maximum atomic E-state index is 2.49. The lowest BCUT2D eigenvalue weighted by atomic mass is 9.86. The van der Waals surface area contributed by atoms with Crippen molar-refractivity contribution in [2.45, 2.75) is 47.0 Å². The van der Waals surface area contributed by atoms with E-state index in [-0.39, 0.29) is 0 Å². The lowest BCUT2D eigenvalue weighted by Gasteiger charge is -2.19. The zero-order valence-corrected chi connectivity index (χ0v) is 8.28. The number of hydrogen-bond donors (Lipinski definition) is 0. The Morgan fingerprint density at radius 1 is 1.27 bits per heavy atom. The van der Waals surface area contributed by atoms with Crippen molar-refractivity contribution in [1.82, 2.24) is 0 Å². The third-order valence-electron chi connectivity index (χ3n) is 4.89. The fraction of sp³-hybridized carbons (Fsp3) is 1.00. The molecule has 2 aliphatic carbocycles. The monoisotopic (exact) mass is 152 g/mol. The van der Waals surface area contributed by atoms with Crippen molar-refractivity contribution >= 4 is 0 Å². The highest BCUT2D eigenvalue weighted by Crippen LogP contribution is 2.77. The third kappa shape index (κ3) is 0.711. The van der Waals surface area contributed by atoms with Crippen LogP contribution in [0, 0.1) is 22.7 Å². The first-order valence-electron chi connectivity index (χ1n) is 5.02. The van der Waals surface area contributed by atoms with Gasteiger partial charge in [0.1, 0.15) is 0 Å². The normalized spacial score (nSPS) is 52.4. The minimum absolute atomic E-state index is 0.679. The SMILES string of the molecule is CCC1CC2C(C)(C)C2(C)C1. The van der Waals surface area contributed by atoms with Crippen molar-refractivity contribution in [1.29, 1.82) is 0 Å². The first-order chi connectivity index (χ1) is 5.02. The molecule has 3 unspecified atom stereocenters. The van der Waals surface area contributed by atoms with E-state index in [2.05, 4.69) is 27.7 Å². The van der Waals surface area contributed by atoms with Gasteiger partial charge >= 0.3 is 0 Å². The molecule has 2 fully saturated rings. The van der Waals surface area contributed by atoms with Crippen LogP contribution in [0.3, 0.4) is 0 Å². The summed E-state index contributed by atoms with van der Waals surface area (Å²) < 4.78 is 0. The summed E-state index contributed by atoms with van der Waals surface area (Å²) in [7, 11) is 0. The molecule has 0 aromatic carbocycles. The summed E-state index contributed by atoms with van der Waals surface area (Å²) in [6.07, 6.45) is 4.42. The fourth-order valence-corrected chi connectivity index (χ4v) is 3.49. The first kappa shape index (κ1) is 7.64. The molecule has 0 aromatic rings.